The van der Waals surface area contributed by atoms with E-state index in [0.717, 1.165) is 29.9 Å². The molecule has 0 radical (unpaired) electrons. The molecule has 7 heteroatoms. The molecule has 2 aliphatic heterocycles. The zero-order valence-electron chi connectivity index (χ0n) is 14.9. The maximum absolute atomic E-state index is 14.3. The Morgan fingerprint density at radius 1 is 1.19 bits per heavy atom. The highest BCUT2D eigenvalue weighted by molar-refractivity contribution is 5.59. The summed E-state index contributed by atoms with van der Waals surface area (Å²) >= 11 is 0. The van der Waals surface area contributed by atoms with Gasteiger partial charge in [0.25, 0.3) is 5.56 Å². The number of ether oxygens (including phenoxy) is 1. The maximum atomic E-state index is 14.3. The van der Waals surface area contributed by atoms with Crippen molar-refractivity contribution >= 4 is 11.5 Å². The fourth-order valence-corrected chi connectivity index (χ4v) is 3.87. The van der Waals surface area contributed by atoms with Crippen molar-refractivity contribution in [3.05, 3.63) is 70.2 Å². The van der Waals surface area contributed by atoms with Gasteiger partial charge in [-0.1, -0.05) is 6.58 Å². The minimum atomic E-state index is -0.467. The van der Waals surface area contributed by atoms with Crippen molar-refractivity contribution in [2.45, 2.75) is 18.9 Å². The molecular weight excluding hydrogens is 352 g/mol. The fraction of sp³-hybridized carbons (Fsp3) is 0.350. The van der Waals surface area contributed by atoms with Gasteiger partial charge in [-0.05, 0) is 31.0 Å². The van der Waals surface area contributed by atoms with E-state index in [-0.39, 0.29) is 11.6 Å². The minimum Gasteiger partial charge on any atom is -0.373 e. The largest absolute Gasteiger partial charge is 0.373 e. The van der Waals surface area contributed by atoms with Crippen molar-refractivity contribution in [2.24, 2.45) is 0 Å². The molecule has 4 rings (SSSR count). The number of hydrogen-bond donors (Lipinski definition) is 1. The van der Waals surface area contributed by atoms with Gasteiger partial charge in [-0.25, -0.2) is 8.78 Å². The molecule has 2 aliphatic rings. The molecule has 1 atom stereocenters. The Hall–Kier alpha value is -2.67. The van der Waals surface area contributed by atoms with Crippen molar-refractivity contribution in [3.8, 4) is 0 Å². The van der Waals surface area contributed by atoms with Crippen LogP contribution in [0.4, 0.5) is 20.3 Å². The number of pyridine rings is 1. The summed E-state index contributed by atoms with van der Waals surface area (Å²) in [7, 11) is 0. The van der Waals surface area contributed by atoms with Gasteiger partial charge in [-0.2, -0.15) is 0 Å². The monoisotopic (exact) mass is 373 g/mol. The number of nitrogens with one attached hydrogen (secondary N) is 1. The highest BCUT2D eigenvalue weighted by atomic mass is 19.1. The average Bonchev–Trinajstić information content (AvgIpc) is 3.13. The number of aromatic nitrogens is 1. The number of hydrogen-bond acceptors (Lipinski definition) is 4. The van der Waals surface area contributed by atoms with Crippen LogP contribution in [-0.2, 0) is 4.74 Å². The van der Waals surface area contributed by atoms with Crippen molar-refractivity contribution in [1.29, 1.82) is 0 Å². The molecule has 0 bridgehead atoms. The molecule has 0 aliphatic carbocycles. The van der Waals surface area contributed by atoms with E-state index in [2.05, 4.69) is 11.6 Å². The number of morpholine rings is 1. The summed E-state index contributed by atoms with van der Waals surface area (Å²) in [5.41, 5.74) is 1.58. The van der Waals surface area contributed by atoms with E-state index in [1.807, 2.05) is 15.9 Å². The number of halogens is 2. The standard InChI is InChI=1S/C20H21F2N3O2/c1-13-12-27-8-7-24(13)15-10-19(23-20(26)11-15)25-6-2-3-18(25)16-9-14(21)4-5-17(16)22/h4-5,9-11,18H,1-3,6-8,12H2,(H,23,26). The maximum Gasteiger partial charge on any atom is 0.251 e. The molecule has 3 heterocycles. The van der Waals surface area contributed by atoms with Crippen LogP contribution in [0.1, 0.15) is 24.4 Å². The van der Waals surface area contributed by atoms with Gasteiger partial charge in [0.15, 0.2) is 0 Å². The highest BCUT2D eigenvalue weighted by Crippen LogP contribution is 2.37. The van der Waals surface area contributed by atoms with E-state index in [0.29, 0.717) is 44.1 Å². The second-order valence-corrected chi connectivity index (χ2v) is 6.88. The summed E-state index contributed by atoms with van der Waals surface area (Å²) in [4.78, 5) is 19.0. The third kappa shape index (κ3) is 3.47. The predicted molar refractivity (Wildman–Crippen MR) is 100 cm³/mol. The summed E-state index contributed by atoms with van der Waals surface area (Å²) in [6.45, 7) is 6.25. The van der Waals surface area contributed by atoms with Crippen LogP contribution in [0.25, 0.3) is 0 Å². The molecule has 2 saturated heterocycles. The smallest absolute Gasteiger partial charge is 0.251 e. The average molecular weight is 373 g/mol. The first-order chi connectivity index (χ1) is 13.0. The number of nitrogens with zero attached hydrogens (tertiary/aromatic N) is 2. The highest BCUT2D eigenvalue weighted by Gasteiger charge is 2.30. The number of H-pyrrole nitrogens is 1. The van der Waals surface area contributed by atoms with Gasteiger partial charge in [-0.3, -0.25) is 4.79 Å². The van der Waals surface area contributed by atoms with E-state index in [1.165, 1.54) is 12.1 Å². The zero-order valence-corrected chi connectivity index (χ0v) is 14.9. The van der Waals surface area contributed by atoms with Gasteiger partial charge < -0.3 is 19.5 Å². The summed E-state index contributed by atoms with van der Waals surface area (Å²) < 4.78 is 33.4. The topological polar surface area (TPSA) is 48.6 Å². The van der Waals surface area contributed by atoms with E-state index in [4.69, 9.17) is 4.74 Å². The van der Waals surface area contributed by atoms with Crippen molar-refractivity contribution in [2.75, 3.05) is 36.1 Å². The second kappa shape index (κ2) is 7.15. The Morgan fingerprint density at radius 2 is 2.04 bits per heavy atom. The van der Waals surface area contributed by atoms with Gasteiger partial charge >= 0.3 is 0 Å². The first kappa shape index (κ1) is 17.7. The van der Waals surface area contributed by atoms with Crippen LogP contribution < -0.4 is 15.4 Å². The van der Waals surface area contributed by atoms with Gasteiger partial charge in [0, 0.05) is 36.5 Å². The third-order valence-corrected chi connectivity index (χ3v) is 5.12. The Bertz CT molecular complexity index is 928. The van der Waals surface area contributed by atoms with Crippen molar-refractivity contribution < 1.29 is 13.5 Å². The van der Waals surface area contributed by atoms with E-state index < -0.39 is 11.6 Å². The van der Waals surface area contributed by atoms with Crippen LogP contribution in [-0.4, -0.2) is 31.3 Å². The Morgan fingerprint density at radius 3 is 2.85 bits per heavy atom. The summed E-state index contributed by atoms with van der Waals surface area (Å²) in [5.74, 6) is -0.304. The molecule has 2 aromatic rings. The molecule has 142 valence electrons. The molecule has 0 saturated carbocycles. The molecule has 1 N–H and O–H groups in total. The van der Waals surface area contributed by atoms with Gasteiger partial charge in [0.1, 0.15) is 17.5 Å². The minimum absolute atomic E-state index is 0.243. The summed E-state index contributed by atoms with van der Waals surface area (Å²) in [6.07, 6.45) is 1.52. The molecule has 0 amide bonds. The predicted octanol–water partition coefficient (Wildman–Crippen LogP) is 3.34. The van der Waals surface area contributed by atoms with E-state index in [1.54, 1.807) is 0 Å². The quantitative estimate of drug-likeness (QED) is 0.897. The molecule has 0 spiro atoms. The van der Waals surface area contributed by atoms with Gasteiger partial charge in [0.2, 0.25) is 0 Å². The second-order valence-electron chi connectivity index (χ2n) is 6.88. The van der Waals surface area contributed by atoms with Crippen LogP contribution in [0.2, 0.25) is 0 Å². The molecule has 1 unspecified atom stereocenters. The Labute approximate surface area is 155 Å². The van der Waals surface area contributed by atoms with Crippen LogP contribution in [0.5, 0.6) is 0 Å². The normalized spacial score (nSPS) is 20.4. The van der Waals surface area contributed by atoms with Crippen LogP contribution in [0, 0.1) is 11.6 Å². The molecule has 1 aromatic carbocycles. The number of benzene rings is 1. The first-order valence-corrected chi connectivity index (χ1v) is 9.02. The summed E-state index contributed by atoms with van der Waals surface area (Å²) in [6, 6.07) is 6.58. The molecule has 27 heavy (non-hydrogen) atoms. The fourth-order valence-electron chi connectivity index (χ4n) is 3.87. The molecule has 1 aromatic heterocycles. The van der Waals surface area contributed by atoms with Crippen LogP contribution >= 0.6 is 0 Å². The van der Waals surface area contributed by atoms with E-state index >= 15 is 0 Å². The van der Waals surface area contributed by atoms with E-state index in [9.17, 15) is 13.6 Å². The van der Waals surface area contributed by atoms with Gasteiger partial charge in [0.05, 0.1) is 24.9 Å². The summed E-state index contributed by atoms with van der Waals surface area (Å²) in [5, 5.41) is 0. The molecule has 2 fully saturated rings. The SMILES string of the molecule is C=C1COCCN1c1cc(N2CCCC2c2cc(F)ccc2F)[nH]c(=O)c1. The Balaban J connectivity index is 1.71. The molecule has 5 nitrogen and oxygen atoms in total. The van der Waals surface area contributed by atoms with Crippen LogP contribution in [0.3, 0.4) is 0 Å². The Kier molecular flexibility index (Phi) is 4.70. The lowest BCUT2D eigenvalue weighted by Crippen LogP contribution is -2.35. The molecular formula is C20H21F2N3O2. The number of aromatic amines is 1. The lowest BCUT2D eigenvalue weighted by Gasteiger charge is -2.32. The third-order valence-electron chi connectivity index (χ3n) is 5.12. The van der Waals surface area contributed by atoms with Crippen molar-refractivity contribution in [1.82, 2.24) is 4.98 Å². The van der Waals surface area contributed by atoms with Crippen LogP contribution in [0.15, 0.2) is 47.4 Å². The van der Waals surface area contributed by atoms with Gasteiger partial charge in [-0.15, -0.1) is 0 Å². The number of anilines is 2. The number of rotatable bonds is 3. The lowest BCUT2D eigenvalue weighted by atomic mass is 10.0. The van der Waals surface area contributed by atoms with Crippen molar-refractivity contribution in [3.63, 3.8) is 0 Å². The first-order valence-electron chi connectivity index (χ1n) is 9.02. The lowest BCUT2D eigenvalue weighted by molar-refractivity contribution is 0.143. The zero-order chi connectivity index (χ0) is 19.0.